The van der Waals surface area contributed by atoms with Gasteiger partial charge in [0.25, 0.3) is 0 Å². The molecule has 0 aromatic heterocycles. The van der Waals surface area contributed by atoms with Crippen LogP contribution in [0.3, 0.4) is 0 Å². The van der Waals surface area contributed by atoms with E-state index in [0.717, 1.165) is 11.1 Å². The molecule has 0 aliphatic rings. The Morgan fingerprint density at radius 2 is 1.48 bits per heavy atom. The summed E-state index contributed by atoms with van der Waals surface area (Å²) in [4.78, 5) is 11.4. The largest absolute Gasteiger partial charge is 0.481 e. The Morgan fingerprint density at radius 3 is 1.95 bits per heavy atom. The second kappa shape index (κ2) is 7.57. The first kappa shape index (κ1) is 15.2. The number of benzene rings is 2. The van der Waals surface area contributed by atoms with Crippen LogP contribution in [0.2, 0.25) is 0 Å². The molecule has 21 heavy (non-hydrogen) atoms. The number of carboxylic acids is 1. The summed E-state index contributed by atoms with van der Waals surface area (Å²) in [6.45, 7) is 0.185. The van der Waals surface area contributed by atoms with Gasteiger partial charge in [0.2, 0.25) is 0 Å². The fraction of sp³-hybridized carbons (Fsp3) is 0.235. The van der Waals surface area contributed by atoms with Gasteiger partial charge >= 0.3 is 5.97 Å². The number of nitrogens with one attached hydrogen (secondary N) is 1. The highest BCUT2D eigenvalue weighted by Gasteiger charge is 2.21. The molecule has 2 aromatic carbocycles. The first-order valence-electron chi connectivity index (χ1n) is 6.89. The average Bonchev–Trinajstić information content (AvgIpc) is 2.53. The van der Waals surface area contributed by atoms with Crippen molar-refractivity contribution in [2.75, 3.05) is 13.2 Å². The average molecular weight is 285 g/mol. The zero-order valence-corrected chi connectivity index (χ0v) is 11.6. The van der Waals surface area contributed by atoms with Gasteiger partial charge in [-0.05, 0) is 11.1 Å². The fourth-order valence-corrected chi connectivity index (χ4v) is 2.27. The molecule has 3 N–H and O–H groups in total. The molecule has 0 radical (unpaired) electrons. The Balaban J connectivity index is 2.06. The number of aliphatic hydroxyl groups excluding tert-OH is 1. The maximum atomic E-state index is 11.4. The van der Waals surface area contributed by atoms with Crippen LogP contribution < -0.4 is 5.32 Å². The monoisotopic (exact) mass is 285 g/mol. The first-order valence-corrected chi connectivity index (χ1v) is 6.89. The molecule has 0 saturated heterocycles. The molecule has 0 heterocycles. The second-order valence-corrected chi connectivity index (χ2v) is 4.86. The van der Waals surface area contributed by atoms with Crippen LogP contribution in [0, 0.1) is 0 Å². The van der Waals surface area contributed by atoms with E-state index in [-0.39, 0.29) is 19.2 Å². The quantitative estimate of drug-likeness (QED) is 0.729. The highest BCUT2D eigenvalue weighted by Crippen LogP contribution is 2.18. The summed E-state index contributed by atoms with van der Waals surface area (Å²) in [7, 11) is 0. The zero-order valence-electron chi connectivity index (χ0n) is 11.6. The number of hydrogen-bond acceptors (Lipinski definition) is 3. The second-order valence-electron chi connectivity index (χ2n) is 4.86. The van der Waals surface area contributed by atoms with Crippen molar-refractivity contribution < 1.29 is 15.0 Å². The Hall–Kier alpha value is -2.17. The fourth-order valence-electron chi connectivity index (χ4n) is 2.27. The van der Waals surface area contributed by atoms with Crippen LogP contribution in [0.25, 0.3) is 0 Å². The maximum absolute atomic E-state index is 11.4. The van der Waals surface area contributed by atoms with E-state index in [2.05, 4.69) is 5.32 Å². The van der Waals surface area contributed by atoms with Crippen molar-refractivity contribution in [2.24, 2.45) is 0 Å². The highest BCUT2D eigenvalue weighted by atomic mass is 16.4. The first-order chi connectivity index (χ1) is 10.2. The van der Waals surface area contributed by atoms with Gasteiger partial charge in [-0.15, -0.1) is 0 Å². The van der Waals surface area contributed by atoms with E-state index >= 15 is 0 Å². The van der Waals surface area contributed by atoms with E-state index in [0.29, 0.717) is 0 Å². The number of carbonyl (C=O) groups is 1. The lowest BCUT2D eigenvalue weighted by molar-refractivity contribution is -0.138. The van der Waals surface area contributed by atoms with Crippen LogP contribution in [-0.2, 0) is 4.79 Å². The minimum absolute atomic E-state index is 0.0782. The predicted molar refractivity (Wildman–Crippen MR) is 81.1 cm³/mol. The number of aliphatic hydroxyl groups is 1. The van der Waals surface area contributed by atoms with Crippen molar-refractivity contribution in [1.82, 2.24) is 5.32 Å². The normalized spacial score (nSPS) is 13.6. The van der Waals surface area contributed by atoms with Crippen LogP contribution in [0.4, 0.5) is 0 Å². The molecule has 4 heteroatoms. The Morgan fingerprint density at radius 1 is 0.952 bits per heavy atom. The lowest BCUT2D eigenvalue weighted by Gasteiger charge is -2.20. The molecular weight excluding hydrogens is 266 g/mol. The topological polar surface area (TPSA) is 69.6 Å². The molecule has 0 fully saturated rings. The van der Waals surface area contributed by atoms with Gasteiger partial charge < -0.3 is 15.5 Å². The third kappa shape index (κ3) is 4.15. The molecule has 0 aliphatic heterocycles. The molecule has 0 bridgehead atoms. The summed E-state index contributed by atoms with van der Waals surface area (Å²) in [5.41, 5.74) is 1.69. The molecule has 2 rings (SSSR count). The number of hydrogen-bond donors (Lipinski definition) is 3. The molecule has 0 saturated carbocycles. The van der Waals surface area contributed by atoms with E-state index in [1.165, 1.54) is 0 Å². The molecule has 2 unspecified atom stereocenters. The van der Waals surface area contributed by atoms with Gasteiger partial charge in [0.1, 0.15) is 0 Å². The SMILES string of the molecule is O=C(O)C(CNC(CO)c1ccccc1)c1ccccc1. The van der Waals surface area contributed by atoms with E-state index < -0.39 is 11.9 Å². The molecular formula is C17H19NO3. The number of rotatable bonds is 7. The van der Waals surface area contributed by atoms with Crippen molar-refractivity contribution in [3.8, 4) is 0 Å². The standard InChI is InChI=1S/C17H19NO3/c19-12-16(14-9-5-2-6-10-14)18-11-15(17(20)21)13-7-3-1-4-8-13/h1-10,15-16,18-19H,11-12H2,(H,20,21). The minimum atomic E-state index is -0.876. The van der Waals surface area contributed by atoms with Gasteiger partial charge in [-0.1, -0.05) is 60.7 Å². The van der Waals surface area contributed by atoms with E-state index in [1.54, 1.807) is 12.1 Å². The summed E-state index contributed by atoms with van der Waals surface area (Å²) >= 11 is 0. The third-order valence-corrected chi connectivity index (χ3v) is 3.45. The molecule has 0 aliphatic carbocycles. The van der Waals surface area contributed by atoms with Crippen molar-refractivity contribution in [3.05, 3.63) is 71.8 Å². The zero-order chi connectivity index (χ0) is 15.1. The smallest absolute Gasteiger partial charge is 0.312 e. The van der Waals surface area contributed by atoms with Crippen LogP contribution in [-0.4, -0.2) is 29.3 Å². The van der Waals surface area contributed by atoms with E-state index in [4.69, 9.17) is 0 Å². The van der Waals surface area contributed by atoms with Crippen molar-refractivity contribution in [3.63, 3.8) is 0 Å². The van der Waals surface area contributed by atoms with Gasteiger partial charge in [0.05, 0.1) is 18.6 Å². The minimum Gasteiger partial charge on any atom is -0.481 e. The van der Waals surface area contributed by atoms with Crippen LogP contribution in [0.5, 0.6) is 0 Å². The lowest BCUT2D eigenvalue weighted by atomic mass is 9.98. The van der Waals surface area contributed by atoms with Crippen molar-refractivity contribution in [2.45, 2.75) is 12.0 Å². The Kier molecular flexibility index (Phi) is 5.49. The number of aliphatic carboxylic acids is 1. The van der Waals surface area contributed by atoms with Gasteiger partial charge in [-0.3, -0.25) is 4.79 Å². The van der Waals surface area contributed by atoms with Crippen LogP contribution >= 0.6 is 0 Å². The van der Waals surface area contributed by atoms with Gasteiger partial charge in [-0.2, -0.15) is 0 Å². The van der Waals surface area contributed by atoms with Gasteiger partial charge in [-0.25, -0.2) is 0 Å². The van der Waals surface area contributed by atoms with E-state index in [1.807, 2.05) is 48.5 Å². The molecule has 0 spiro atoms. The molecule has 110 valence electrons. The van der Waals surface area contributed by atoms with Crippen molar-refractivity contribution in [1.29, 1.82) is 0 Å². The lowest BCUT2D eigenvalue weighted by Crippen LogP contribution is -2.31. The highest BCUT2D eigenvalue weighted by molar-refractivity contribution is 5.76. The summed E-state index contributed by atoms with van der Waals surface area (Å²) in [5.74, 6) is -1.51. The predicted octanol–water partition coefficient (Wildman–Crippen LogP) is 2.18. The summed E-state index contributed by atoms with van der Waals surface area (Å²) in [5, 5.41) is 22.0. The van der Waals surface area contributed by atoms with Gasteiger partial charge in [0, 0.05) is 6.54 Å². The summed E-state index contributed by atoms with van der Waals surface area (Å²) in [6.07, 6.45) is 0. The maximum Gasteiger partial charge on any atom is 0.312 e. The molecule has 2 aromatic rings. The van der Waals surface area contributed by atoms with E-state index in [9.17, 15) is 15.0 Å². The third-order valence-electron chi connectivity index (χ3n) is 3.45. The molecule has 0 amide bonds. The summed E-state index contributed by atoms with van der Waals surface area (Å²) in [6, 6.07) is 18.4. The van der Waals surface area contributed by atoms with Crippen LogP contribution in [0.15, 0.2) is 60.7 Å². The van der Waals surface area contributed by atoms with Crippen molar-refractivity contribution >= 4 is 5.97 Å². The Bertz CT molecular complexity index is 557. The number of carboxylic acid groups (broad SMARTS) is 1. The Labute approximate surface area is 124 Å². The summed E-state index contributed by atoms with van der Waals surface area (Å²) < 4.78 is 0. The van der Waals surface area contributed by atoms with Crippen LogP contribution in [0.1, 0.15) is 23.1 Å². The molecule has 4 nitrogen and oxygen atoms in total. The molecule has 2 atom stereocenters. The van der Waals surface area contributed by atoms with Gasteiger partial charge in [0.15, 0.2) is 0 Å².